The second kappa shape index (κ2) is 13.7. The molecule has 2 aromatic carbocycles. The lowest BCUT2D eigenvalue weighted by atomic mass is 10.1. The van der Waals surface area contributed by atoms with Gasteiger partial charge in [0.25, 0.3) is 11.5 Å². The summed E-state index contributed by atoms with van der Waals surface area (Å²) in [6.45, 7) is -0.192. The number of aliphatic hydroxyl groups is 1. The van der Waals surface area contributed by atoms with Gasteiger partial charge in [0.05, 0.1) is 47.1 Å². The first kappa shape index (κ1) is 30.6. The Hall–Kier alpha value is -5.47. The summed E-state index contributed by atoms with van der Waals surface area (Å²) in [5, 5.41) is 17.5. The monoisotopic (exact) mass is 648 g/mol. The second-order valence-corrected chi connectivity index (χ2v) is 11.9. The molecule has 4 heterocycles. The zero-order valence-corrected chi connectivity index (χ0v) is 25.7. The Morgan fingerprint density at radius 1 is 0.957 bits per heavy atom. The lowest BCUT2D eigenvalue weighted by Crippen LogP contribution is -2.27. The molecule has 0 unspecified atom stereocenters. The maximum atomic E-state index is 13.9. The Morgan fingerprint density at radius 2 is 1.80 bits per heavy atom. The number of Topliss-reactive ketones (excluding diaryl/α,β-unsaturated/α-hetero) is 1. The van der Waals surface area contributed by atoms with Gasteiger partial charge in [0, 0.05) is 22.1 Å². The van der Waals surface area contributed by atoms with Crippen LogP contribution >= 0.6 is 22.9 Å². The van der Waals surface area contributed by atoms with Crippen LogP contribution in [0.4, 0.5) is 5.82 Å². The number of halogens is 1. The van der Waals surface area contributed by atoms with E-state index in [9.17, 15) is 19.5 Å². The Morgan fingerprint density at radius 3 is 2.54 bits per heavy atom. The first-order valence-electron chi connectivity index (χ1n) is 14.1. The number of nitrogens with zero attached hydrogens (tertiary/aromatic N) is 3. The Kier molecular flexibility index (Phi) is 9.08. The van der Waals surface area contributed by atoms with Crippen molar-refractivity contribution in [1.29, 1.82) is 0 Å². The zero-order chi connectivity index (χ0) is 32.0. The number of carbonyl (C=O) groups excluding carboxylic acids is 2. The number of thiophene rings is 1. The van der Waals surface area contributed by atoms with Crippen molar-refractivity contribution in [2.24, 2.45) is 0 Å². The molecule has 0 atom stereocenters. The van der Waals surface area contributed by atoms with Gasteiger partial charge in [-0.1, -0.05) is 53.8 Å². The van der Waals surface area contributed by atoms with E-state index in [0.717, 1.165) is 10.4 Å². The molecule has 0 spiro atoms. The van der Waals surface area contributed by atoms with Crippen LogP contribution in [0.3, 0.4) is 0 Å². The SMILES string of the molecule is O=C(Cn1c(-c2cc(NCc3ccc(Cl)s3)n(C(=O)c3cccc(CO)c3)n2)ccc(C#Cc2ccccc2)c1=O)c1ccoc1. The molecule has 0 amide bonds. The van der Waals surface area contributed by atoms with Crippen LogP contribution in [0.2, 0.25) is 4.34 Å². The van der Waals surface area contributed by atoms with Crippen molar-refractivity contribution in [3.05, 3.63) is 151 Å². The summed E-state index contributed by atoms with van der Waals surface area (Å²) in [4.78, 5) is 41.8. The molecule has 228 valence electrons. The van der Waals surface area contributed by atoms with E-state index in [2.05, 4.69) is 22.3 Å². The van der Waals surface area contributed by atoms with E-state index < -0.39 is 11.5 Å². The van der Waals surface area contributed by atoms with Crippen molar-refractivity contribution in [3.63, 3.8) is 0 Å². The maximum absolute atomic E-state index is 13.9. The number of aliphatic hydroxyl groups excluding tert-OH is 1. The molecule has 6 rings (SSSR count). The van der Waals surface area contributed by atoms with Gasteiger partial charge in [-0.05, 0) is 60.2 Å². The third-order valence-corrected chi connectivity index (χ3v) is 8.26. The van der Waals surface area contributed by atoms with E-state index >= 15 is 0 Å². The van der Waals surface area contributed by atoms with Crippen molar-refractivity contribution in [3.8, 4) is 23.2 Å². The molecule has 0 aliphatic carbocycles. The number of hydrogen-bond donors (Lipinski definition) is 2. The quantitative estimate of drug-likeness (QED) is 0.144. The van der Waals surface area contributed by atoms with Gasteiger partial charge in [0.1, 0.15) is 17.8 Å². The van der Waals surface area contributed by atoms with Crippen LogP contribution in [0.1, 0.15) is 42.3 Å². The fraction of sp³-hybridized carbons (Fsp3) is 0.0857. The first-order chi connectivity index (χ1) is 22.4. The summed E-state index contributed by atoms with van der Waals surface area (Å²) in [6.07, 6.45) is 2.70. The van der Waals surface area contributed by atoms with Crippen molar-refractivity contribution < 1.29 is 19.1 Å². The van der Waals surface area contributed by atoms with Gasteiger partial charge >= 0.3 is 0 Å². The first-order valence-corrected chi connectivity index (χ1v) is 15.3. The number of nitrogens with one attached hydrogen (secondary N) is 1. The van der Waals surface area contributed by atoms with Crippen LogP contribution in [0.25, 0.3) is 11.4 Å². The molecule has 0 radical (unpaired) electrons. The third-order valence-electron chi connectivity index (χ3n) is 7.03. The highest BCUT2D eigenvalue weighted by atomic mass is 35.5. The van der Waals surface area contributed by atoms with Gasteiger partial charge in [0.15, 0.2) is 5.78 Å². The molecular formula is C35H25ClN4O5S. The van der Waals surface area contributed by atoms with Crippen LogP contribution in [-0.4, -0.2) is 31.1 Å². The smallest absolute Gasteiger partial charge is 0.280 e. The minimum Gasteiger partial charge on any atom is -0.472 e. The van der Waals surface area contributed by atoms with Gasteiger partial charge < -0.3 is 14.8 Å². The van der Waals surface area contributed by atoms with Gasteiger partial charge in [-0.15, -0.1) is 11.3 Å². The van der Waals surface area contributed by atoms with E-state index in [1.807, 2.05) is 36.4 Å². The van der Waals surface area contributed by atoms with Crippen molar-refractivity contribution >= 4 is 40.4 Å². The number of carbonyl (C=O) groups is 2. The molecule has 0 fully saturated rings. The summed E-state index contributed by atoms with van der Waals surface area (Å²) in [5.41, 5.74) is 2.21. The number of rotatable bonds is 9. The largest absolute Gasteiger partial charge is 0.472 e. The summed E-state index contributed by atoms with van der Waals surface area (Å²) in [7, 11) is 0. The molecule has 0 aliphatic heterocycles. The Balaban J connectivity index is 1.45. The van der Waals surface area contributed by atoms with E-state index in [4.69, 9.17) is 16.0 Å². The van der Waals surface area contributed by atoms with Gasteiger partial charge in [-0.25, -0.2) is 0 Å². The molecule has 0 bridgehead atoms. The van der Waals surface area contributed by atoms with Gasteiger partial charge in [-0.2, -0.15) is 9.78 Å². The predicted molar refractivity (Wildman–Crippen MR) is 176 cm³/mol. The lowest BCUT2D eigenvalue weighted by Gasteiger charge is -2.11. The molecule has 0 saturated carbocycles. The van der Waals surface area contributed by atoms with Crippen LogP contribution in [0.15, 0.2) is 113 Å². The minimum absolute atomic E-state index is 0.192. The Bertz CT molecular complexity index is 2150. The average Bonchev–Trinajstić information content (AvgIpc) is 3.86. The summed E-state index contributed by atoms with van der Waals surface area (Å²) < 4.78 is 8.22. The van der Waals surface area contributed by atoms with Crippen molar-refractivity contribution in [2.75, 3.05) is 5.32 Å². The normalized spacial score (nSPS) is 10.7. The third kappa shape index (κ3) is 6.77. The second-order valence-electron chi connectivity index (χ2n) is 10.1. The number of benzene rings is 2. The highest BCUT2D eigenvalue weighted by Crippen LogP contribution is 2.26. The molecule has 2 N–H and O–H groups in total. The van der Waals surface area contributed by atoms with Crippen molar-refractivity contribution in [1.82, 2.24) is 14.3 Å². The molecule has 6 aromatic rings. The number of furan rings is 1. The Labute approximate surface area is 272 Å². The molecule has 4 aromatic heterocycles. The number of aromatic nitrogens is 3. The number of ketones is 1. The van der Waals surface area contributed by atoms with E-state index in [1.54, 1.807) is 48.5 Å². The van der Waals surface area contributed by atoms with E-state index in [1.165, 1.54) is 39.2 Å². The van der Waals surface area contributed by atoms with Gasteiger partial charge in [0.2, 0.25) is 0 Å². The topological polar surface area (TPSA) is 119 Å². The molecule has 0 aliphatic rings. The molecule has 46 heavy (non-hydrogen) atoms. The van der Waals surface area contributed by atoms with Crippen LogP contribution in [0, 0.1) is 11.8 Å². The van der Waals surface area contributed by atoms with Crippen LogP contribution in [-0.2, 0) is 19.7 Å². The highest BCUT2D eigenvalue weighted by Gasteiger charge is 2.22. The van der Waals surface area contributed by atoms with E-state index in [-0.39, 0.29) is 30.2 Å². The number of anilines is 1. The summed E-state index contributed by atoms with van der Waals surface area (Å²) in [6, 6.07) is 25.9. The standard InChI is InChI=1S/C35H25ClN4O5S/c36-32-14-12-28(46-32)19-37-33-18-29(38-40(33)35(44)26-8-4-7-24(17-26)21-41)30-13-11-25(10-9-23-5-2-1-3-6-23)34(43)39(30)20-31(42)27-15-16-45-22-27/h1-8,11-18,22,37,41H,19-21H2. The number of hydrogen-bond acceptors (Lipinski definition) is 8. The van der Waals surface area contributed by atoms with Crippen LogP contribution in [0.5, 0.6) is 0 Å². The zero-order valence-electron chi connectivity index (χ0n) is 24.1. The molecule has 9 nitrogen and oxygen atoms in total. The van der Waals surface area contributed by atoms with Crippen LogP contribution < -0.4 is 10.9 Å². The molecular weight excluding hydrogens is 624 g/mol. The lowest BCUT2D eigenvalue weighted by molar-refractivity contribution is 0.0944. The van der Waals surface area contributed by atoms with Gasteiger partial charge in [-0.3, -0.25) is 19.0 Å². The van der Waals surface area contributed by atoms with Crippen molar-refractivity contribution in [2.45, 2.75) is 19.7 Å². The molecule has 11 heteroatoms. The fourth-order valence-electron chi connectivity index (χ4n) is 4.71. The highest BCUT2D eigenvalue weighted by molar-refractivity contribution is 7.16. The number of pyridine rings is 1. The van der Waals surface area contributed by atoms with E-state index in [0.29, 0.717) is 39.1 Å². The maximum Gasteiger partial charge on any atom is 0.280 e. The minimum atomic E-state index is -0.489. The summed E-state index contributed by atoms with van der Waals surface area (Å²) in [5.74, 6) is 5.47. The summed E-state index contributed by atoms with van der Waals surface area (Å²) >= 11 is 7.52. The predicted octanol–water partition coefficient (Wildman–Crippen LogP) is 6.10. The fourth-order valence-corrected chi connectivity index (χ4v) is 5.74. The average molecular weight is 649 g/mol. The molecule has 0 saturated heterocycles.